The van der Waals surface area contributed by atoms with E-state index in [1.807, 2.05) is 60.0 Å². The highest BCUT2D eigenvalue weighted by Gasteiger charge is 2.70. The van der Waals surface area contributed by atoms with Gasteiger partial charge < -0.3 is 5.11 Å². The molecule has 3 fully saturated rings. The lowest BCUT2D eigenvalue weighted by Gasteiger charge is -2.50. The van der Waals surface area contributed by atoms with Crippen molar-refractivity contribution in [1.29, 1.82) is 0 Å². The Bertz CT molecular complexity index is 1940. The molecule has 0 bridgehead atoms. The molecule has 0 radical (unpaired) electrons. The SMILES string of the molecule is O=C1[C@H]2[C@H](CC=C3[C@H]2C[C@H]2C(=O)N(c4cccc(Cl)c4)C(=O)[C@@]2(c2ccccc2)[C@H]3c2ccccc2O)C(=O)N1Cc1cccs1. The van der Waals surface area contributed by atoms with E-state index in [1.165, 1.54) is 21.1 Å². The number of hydrogen-bond acceptors (Lipinski definition) is 6. The van der Waals surface area contributed by atoms with Crippen molar-refractivity contribution in [1.82, 2.24) is 4.90 Å². The fourth-order valence-electron chi connectivity index (χ4n) is 8.60. The summed E-state index contributed by atoms with van der Waals surface area (Å²) in [6, 6.07) is 26.7. The fraction of sp³-hybridized carbons (Fsp3) is 0.243. The number of fused-ring (bicyclic) bond motifs is 4. The third-order valence-corrected chi connectivity index (χ3v) is 11.5. The lowest BCUT2D eigenvalue weighted by Crippen LogP contribution is -2.53. The van der Waals surface area contributed by atoms with Crippen LogP contribution < -0.4 is 4.90 Å². The summed E-state index contributed by atoms with van der Waals surface area (Å²) in [6.45, 7) is 0.213. The highest BCUT2D eigenvalue weighted by atomic mass is 35.5. The van der Waals surface area contributed by atoms with Crippen LogP contribution in [-0.4, -0.2) is 33.6 Å². The number of nitrogens with zero attached hydrogens (tertiary/aromatic N) is 2. The third kappa shape index (κ3) is 4.02. The Morgan fingerprint density at radius 2 is 1.63 bits per heavy atom. The van der Waals surface area contributed by atoms with Crippen molar-refractivity contribution >= 4 is 52.3 Å². The predicted octanol–water partition coefficient (Wildman–Crippen LogP) is 6.47. The summed E-state index contributed by atoms with van der Waals surface area (Å²) in [5.41, 5.74) is 0.929. The van der Waals surface area contributed by atoms with Gasteiger partial charge in [0, 0.05) is 21.4 Å². The Labute approximate surface area is 274 Å². The monoisotopic (exact) mass is 648 g/mol. The van der Waals surface area contributed by atoms with E-state index in [4.69, 9.17) is 11.6 Å². The summed E-state index contributed by atoms with van der Waals surface area (Å²) in [4.78, 5) is 61.3. The van der Waals surface area contributed by atoms with E-state index in [0.29, 0.717) is 28.3 Å². The van der Waals surface area contributed by atoms with Crippen LogP contribution in [0.4, 0.5) is 5.69 Å². The molecule has 1 N–H and O–H groups in total. The van der Waals surface area contributed by atoms with Gasteiger partial charge in [-0.05, 0) is 60.0 Å². The summed E-state index contributed by atoms with van der Waals surface area (Å²) < 4.78 is 0. The summed E-state index contributed by atoms with van der Waals surface area (Å²) in [7, 11) is 0. The molecule has 1 saturated carbocycles. The van der Waals surface area contributed by atoms with Gasteiger partial charge in [-0.25, -0.2) is 4.90 Å². The van der Waals surface area contributed by atoms with E-state index >= 15 is 4.79 Å². The number of hydrogen-bond donors (Lipinski definition) is 1. The average Bonchev–Trinajstić information content (AvgIpc) is 3.73. The molecule has 3 heterocycles. The molecule has 8 rings (SSSR count). The van der Waals surface area contributed by atoms with Gasteiger partial charge >= 0.3 is 0 Å². The maximum absolute atomic E-state index is 15.2. The maximum Gasteiger partial charge on any atom is 0.246 e. The summed E-state index contributed by atoms with van der Waals surface area (Å²) in [5, 5.41) is 13.7. The zero-order chi connectivity index (χ0) is 31.7. The number of rotatable bonds is 5. The third-order valence-electron chi connectivity index (χ3n) is 10.4. The molecule has 230 valence electrons. The molecule has 2 saturated heterocycles. The van der Waals surface area contributed by atoms with Crippen LogP contribution in [0, 0.1) is 23.7 Å². The van der Waals surface area contributed by atoms with Crippen LogP contribution in [0.3, 0.4) is 0 Å². The van der Waals surface area contributed by atoms with Crippen molar-refractivity contribution in [3.05, 3.63) is 129 Å². The number of imide groups is 2. The molecule has 46 heavy (non-hydrogen) atoms. The van der Waals surface area contributed by atoms with E-state index in [2.05, 4.69) is 0 Å². The Balaban J connectivity index is 1.34. The van der Waals surface area contributed by atoms with Crippen LogP contribution in [0.1, 0.15) is 34.8 Å². The lowest BCUT2D eigenvalue weighted by atomic mass is 9.49. The number of allylic oxidation sites excluding steroid dienone is 2. The molecule has 4 amide bonds. The molecule has 3 aromatic carbocycles. The number of amides is 4. The topological polar surface area (TPSA) is 95.0 Å². The van der Waals surface area contributed by atoms with Gasteiger partial charge in [0.25, 0.3) is 0 Å². The van der Waals surface area contributed by atoms with E-state index in [-0.39, 0.29) is 36.4 Å². The van der Waals surface area contributed by atoms with Gasteiger partial charge in [-0.1, -0.05) is 83.9 Å². The Morgan fingerprint density at radius 3 is 2.37 bits per heavy atom. The van der Waals surface area contributed by atoms with E-state index in [0.717, 1.165) is 10.5 Å². The predicted molar refractivity (Wildman–Crippen MR) is 174 cm³/mol. The molecule has 2 aliphatic heterocycles. The normalized spacial score (nSPS) is 28.6. The number of thiophene rings is 1. The first-order valence-electron chi connectivity index (χ1n) is 15.4. The Morgan fingerprint density at radius 1 is 0.848 bits per heavy atom. The molecule has 7 nitrogen and oxygen atoms in total. The molecule has 6 atom stereocenters. The number of phenolic OH excluding ortho intramolecular Hbond substituents is 1. The van der Waals surface area contributed by atoms with Crippen LogP contribution in [0.25, 0.3) is 0 Å². The first-order valence-corrected chi connectivity index (χ1v) is 16.6. The minimum Gasteiger partial charge on any atom is -0.508 e. The minimum absolute atomic E-state index is 0.000157. The van der Waals surface area contributed by atoms with Crippen molar-refractivity contribution in [2.45, 2.75) is 30.7 Å². The number of carbonyl (C=O) groups excluding carboxylic acids is 4. The van der Waals surface area contributed by atoms with Gasteiger partial charge in [0.15, 0.2) is 0 Å². The van der Waals surface area contributed by atoms with E-state index in [1.54, 1.807) is 42.5 Å². The molecule has 2 aliphatic carbocycles. The van der Waals surface area contributed by atoms with Crippen molar-refractivity contribution < 1.29 is 24.3 Å². The summed E-state index contributed by atoms with van der Waals surface area (Å²) in [5.74, 6) is -4.58. The molecule has 0 spiro atoms. The largest absolute Gasteiger partial charge is 0.508 e. The second-order valence-corrected chi connectivity index (χ2v) is 14.0. The Kier molecular flexibility index (Phi) is 6.78. The number of para-hydroxylation sites is 1. The number of anilines is 1. The molecular formula is C37H29ClN2O5S. The van der Waals surface area contributed by atoms with Crippen LogP contribution in [0.5, 0.6) is 5.75 Å². The second kappa shape index (κ2) is 10.8. The number of phenols is 1. The van der Waals surface area contributed by atoms with Crippen molar-refractivity contribution in [3.8, 4) is 5.75 Å². The summed E-state index contributed by atoms with van der Waals surface area (Å²) in [6.07, 6.45) is 2.55. The van der Waals surface area contributed by atoms with E-state index < -0.39 is 40.9 Å². The zero-order valence-electron chi connectivity index (χ0n) is 24.6. The van der Waals surface area contributed by atoms with Crippen LogP contribution in [0.2, 0.25) is 5.02 Å². The second-order valence-electron chi connectivity index (χ2n) is 12.5. The number of benzene rings is 3. The zero-order valence-corrected chi connectivity index (χ0v) is 26.2. The van der Waals surface area contributed by atoms with Crippen LogP contribution in [-0.2, 0) is 31.1 Å². The first kappa shape index (κ1) is 28.9. The Hall–Kier alpha value is -4.53. The van der Waals surface area contributed by atoms with Crippen LogP contribution >= 0.6 is 22.9 Å². The fourth-order valence-corrected chi connectivity index (χ4v) is 9.48. The minimum atomic E-state index is -1.42. The molecule has 4 aromatic rings. The average molecular weight is 649 g/mol. The molecule has 4 aliphatic rings. The van der Waals surface area contributed by atoms with Crippen LogP contribution in [0.15, 0.2) is 108 Å². The number of carbonyl (C=O) groups is 4. The van der Waals surface area contributed by atoms with Gasteiger partial charge in [-0.3, -0.25) is 24.1 Å². The highest BCUT2D eigenvalue weighted by molar-refractivity contribution is 7.09. The van der Waals surface area contributed by atoms with Gasteiger partial charge in [0.1, 0.15) is 5.75 Å². The number of likely N-dealkylation sites (tertiary alicyclic amines) is 1. The van der Waals surface area contributed by atoms with Crippen molar-refractivity contribution in [2.75, 3.05) is 4.90 Å². The van der Waals surface area contributed by atoms with Gasteiger partial charge in [-0.2, -0.15) is 0 Å². The molecular weight excluding hydrogens is 620 g/mol. The van der Waals surface area contributed by atoms with Crippen molar-refractivity contribution in [2.24, 2.45) is 23.7 Å². The number of halogens is 1. The lowest BCUT2D eigenvalue weighted by molar-refractivity contribution is -0.141. The van der Waals surface area contributed by atoms with E-state index in [9.17, 15) is 19.5 Å². The number of aromatic hydroxyl groups is 1. The van der Waals surface area contributed by atoms with Gasteiger partial charge in [0.2, 0.25) is 23.6 Å². The smallest absolute Gasteiger partial charge is 0.246 e. The molecule has 0 unspecified atom stereocenters. The summed E-state index contributed by atoms with van der Waals surface area (Å²) >= 11 is 7.85. The standard InChI is InChI=1S/C37H29ClN2O5S/c38-22-10-6-11-23(18-22)40-34(43)29-19-28-25(15-16-27-31(28)35(44)39(33(27)42)20-24-12-7-17-46-24)32(26-13-4-5-14-30(26)41)37(29,36(40)45)21-8-2-1-3-9-21/h1-15,17-18,27-29,31-32,41H,16,19-20H2/t27-,28+,29-,31-,32+,37+/m0/s1. The molecule has 9 heteroatoms. The van der Waals surface area contributed by atoms with Gasteiger partial charge in [0.05, 0.1) is 35.4 Å². The maximum atomic E-state index is 15.2. The van der Waals surface area contributed by atoms with Crippen molar-refractivity contribution in [3.63, 3.8) is 0 Å². The highest BCUT2D eigenvalue weighted by Crippen LogP contribution is 2.65. The first-order chi connectivity index (χ1) is 22.3. The molecule has 1 aromatic heterocycles. The quantitative estimate of drug-likeness (QED) is 0.198. The van der Waals surface area contributed by atoms with Gasteiger partial charge in [-0.15, -0.1) is 11.3 Å².